The molecule has 1 aliphatic rings. The number of anilines is 1. The molecule has 0 fully saturated rings. The molecule has 0 unspecified atom stereocenters. The van der Waals surface area contributed by atoms with Gasteiger partial charge in [0.05, 0.1) is 11.3 Å². The Morgan fingerprint density at radius 1 is 1.16 bits per heavy atom. The lowest BCUT2D eigenvalue weighted by atomic mass is 10.2. The Labute approximate surface area is 147 Å². The summed E-state index contributed by atoms with van der Waals surface area (Å²) >= 11 is 1.28. The van der Waals surface area contributed by atoms with Crippen LogP contribution >= 0.6 is 11.8 Å². The molecule has 2 heterocycles. The molecule has 3 rings (SSSR count). The molecule has 1 aromatic heterocycles. The van der Waals surface area contributed by atoms with Crippen LogP contribution in [-0.4, -0.2) is 26.4 Å². The van der Waals surface area contributed by atoms with Crippen molar-refractivity contribution in [2.45, 2.75) is 43.6 Å². The zero-order valence-electron chi connectivity index (χ0n) is 13.3. The van der Waals surface area contributed by atoms with Crippen LogP contribution in [0.25, 0.3) is 0 Å². The van der Waals surface area contributed by atoms with Gasteiger partial charge in [0.25, 0.3) is 0 Å². The van der Waals surface area contributed by atoms with Crippen LogP contribution in [-0.2, 0) is 23.9 Å². The van der Waals surface area contributed by atoms with Gasteiger partial charge in [-0.1, -0.05) is 18.2 Å². The molecule has 0 saturated heterocycles. The Bertz CT molecular complexity index is 743. The Morgan fingerprint density at radius 2 is 1.92 bits per heavy atom. The molecule has 2 aromatic rings. The maximum absolute atomic E-state index is 12.5. The summed E-state index contributed by atoms with van der Waals surface area (Å²) in [4.78, 5) is 12.0. The number of hydrogen-bond donors (Lipinski definition) is 1. The number of halogens is 3. The summed E-state index contributed by atoms with van der Waals surface area (Å²) in [5, 5.41) is 11.6. The summed E-state index contributed by atoms with van der Waals surface area (Å²) in [7, 11) is 0. The van der Waals surface area contributed by atoms with E-state index >= 15 is 0 Å². The van der Waals surface area contributed by atoms with Gasteiger partial charge in [0, 0.05) is 18.7 Å². The molecule has 5 nitrogen and oxygen atoms in total. The smallest absolute Gasteiger partial charge is 0.325 e. The Morgan fingerprint density at radius 3 is 2.64 bits per heavy atom. The van der Waals surface area contributed by atoms with Gasteiger partial charge in [-0.2, -0.15) is 13.2 Å². The minimum absolute atomic E-state index is 0.124. The number of benzene rings is 1. The molecular formula is C16H17F3N4OS. The lowest BCUT2D eigenvalue weighted by Gasteiger charge is -2.09. The second-order valence-corrected chi connectivity index (χ2v) is 6.72. The number of fused-ring (bicyclic) bond motifs is 1. The number of carbonyl (C=O) groups excluding carboxylic acids is 1. The van der Waals surface area contributed by atoms with Gasteiger partial charge in [-0.3, -0.25) is 4.79 Å². The highest BCUT2D eigenvalue weighted by Gasteiger charge is 2.30. The van der Waals surface area contributed by atoms with Gasteiger partial charge in [-0.25, -0.2) is 0 Å². The average molecular weight is 370 g/mol. The van der Waals surface area contributed by atoms with Gasteiger partial charge in [0.15, 0.2) is 5.16 Å². The molecule has 9 heteroatoms. The van der Waals surface area contributed by atoms with Crippen molar-refractivity contribution >= 4 is 23.4 Å². The van der Waals surface area contributed by atoms with Crippen molar-refractivity contribution in [3.05, 3.63) is 35.7 Å². The number of carbonyl (C=O) groups is 1. The van der Waals surface area contributed by atoms with E-state index in [0.717, 1.165) is 50.2 Å². The predicted octanol–water partition coefficient (Wildman–Crippen LogP) is 3.75. The minimum Gasteiger partial charge on any atom is -0.325 e. The number of amides is 1. The van der Waals surface area contributed by atoms with E-state index in [1.54, 1.807) is 0 Å². The first-order valence-corrected chi connectivity index (χ1v) is 8.94. The van der Waals surface area contributed by atoms with Crippen molar-refractivity contribution < 1.29 is 18.0 Å². The lowest BCUT2D eigenvalue weighted by molar-refractivity contribution is -0.137. The molecule has 1 aliphatic heterocycles. The molecule has 25 heavy (non-hydrogen) atoms. The number of thioether (sulfide) groups is 1. The average Bonchev–Trinajstić information content (AvgIpc) is 2.79. The van der Waals surface area contributed by atoms with Gasteiger partial charge < -0.3 is 9.88 Å². The van der Waals surface area contributed by atoms with Crippen LogP contribution in [0.4, 0.5) is 18.9 Å². The molecule has 134 valence electrons. The van der Waals surface area contributed by atoms with E-state index < -0.39 is 11.7 Å². The highest BCUT2D eigenvalue weighted by molar-refractivity contribution is 7.99. The van der Waals surface area contributed by atoms with Gasteiger partial charge in [-0.05, 0) is 37.1 Å². The quantitative estimate of drug-likeness (QED) is 0.833. The first-order valence-electron chi connectivity index (χ1n) is 7.95. The maximum Gasteiger partial charge on any atom is 0.416 e. The van der Waals surface area contributed by atoms with Crippen molar-refractivity contribution in [3.63, 3.8) is 0 Å². The van der Waals surface area contributed by atoms with Crippen LogP contribution in [0.15, 0.2) is 29.4 Å². The molecule has 1 amide bonds. The van der Waals surface area contributed by atoms with E-state index in [4.69, 9.17) is 0 Å². The highest BCUT2D eigenvalue weighted by atomic mass is 32.2. The number of rotatable bonds is 4. The number of nitrogens with one attached hydrogen (secondary N) is 1. The van der Waals surface area contributed by atoms with Crippen LogP contribution in [0, 0.1) is 0 Å². The van der Waals surface area contributed by atoms with Gasteiger partial charge in [0.1, 0.15) is 5.82 Å². The fourth-order valence-corrected chi connectivity index (χ4v) is 3.42. The molecule has 0 bridgehead atoms. The van der Waals surface area contributed by atoms with Crippen LogP contribution < -0.4 is 5.32 Å². The van der Waals surface area contributed by atoms with Crippen molar-refractivity contribution in [1.82, 2.24) is 14.8 Å². The number of aryl methyl sites for hydroxylation is 1. The summed E-state index contributed by atoms with van der Waals surface area (Å²) in [6.07, 6.45) is -0.176. The zero-order chi connectivity index (χ0) is 17.9. The summed E-state index contributed by atoms with van der Waals surface area (Å²) in [5.74, 6) is 0.776. The van der Waals surface area contributed by atoms with Gasteiger partial charge >= 0.3 is 6.18 Å². The van der Waals surface area contributed by atoms with Crippen LogP contribution in [0.3, 0.4) is 0 Å². The van der Waals surface area contributed by atoms with Crippen molar-refractivity contribution in [2.24, 2.45) is 0 Å². The molecule has 1 aromatic carbocycles. The van der Waals surface area contributed by atoms with Crippen LogP contribution in [0.1, 0.15) is 30.7 Å². The zero-order valence-corrected chi connectivity index (χ0v) is 14.2. The minimum atomic E-state index is -4.39. The van der Waals surface area contributed by atoms with Crippen LogP contribution in [0.2, 0.25) is 0 Å². The van der Waals surface area contributed by atoms with Crippen LogP contribution in [0.5, 0.6) is 0 Å². The van der Waals surface area contributed by atoms with Gasteiger partial charge in [-0.15, -0.1) is 10.2 Å². The molecule has 1 N–H and O–H groups in total. The summed E-state index contributed by atoms with van der Waals surface area (Å²) in [6.45, 7) is 0.852. The number of alkyl halides is 3. The Balaban J connectivity index is 1.56. The molecule has 0 radical (unpaired) electrons. The molecule has 0 atom stereocenters. The Kier molecular flexibility index (Phi) is 5.31. The van der Waals surface area contributed by atoms with E-state index in [1.807, 2.05) is 4.57 Å². The van der Waals surface area contributed by atoms with E-state index in [2.05, 4.69) is 15.5 Å². The molecule has 0 saturated carbocycles. The first kappa shape index (κ1) is 17.8. The van der Waals surface area contributed by atoms with Gasteiger partial charge in [0.2, 0.25) is 5.91 Å². The SMILES string of the molecule is O=C(CSc1nnc2n1CCCCC2)Nc1ccc(C(F)(F)F)cc1. The summed E-state index contributed by atoms with van der Waals surface area (Å²) in [6, 6.07) is 4.38. The van der Waals surface area contributed by atoms with Crippen molar-refractivity contribution in [3.8, 4) is 0 Å². The van der Waals surface area contributed by atoms with E-state index in [-0.39, 0.29) is 11.7 Å². The second kappa shape index (κ2) is 7.47. The fourth-order valence-electron chi connectivity index (χ4n) is 2.63. The largest absolute Gasteiger partial charge is 0.416 e. The standard InChI is InChI=1S/C16H17F3N4OS/c17-16(18,19)11-5-7-12(8-6-11)20-14(24)10-25-15-22-21-13-4-2-1-3-9-23(13)15/h5-8H,1-4,9-10H2,(H,20,24). The second-order valence-electron chi connectivity index (χ2n) is 5.77. The third-order valence-corrected chi connectivity index (χ3v) is 4.87. The lowest BCUT2D eigenvalue weighted by Crippen LogP contribution is -2.15. The third-order valence-electron chi connectivity index (χ3n) is 3.90. The number of nitrogens with zero attached hydrogens (tertiary/aromatic N) is 3. The summed E-state index contributed by atoms with van der Waals surface area (Å²) in [5.41, 5.74) is -0.412. The summed E-state index contributed by atoms with van der Waals surface area (Å²) < 4.78 is 39.6. The predicted molar refractivity (Wildman–Crippen MR) is 88.4 cm³/mol. The van der Waals surface area contributed by atoms with E-state index in [1.165, 1.54) is 23.9 Å². The topological polar surface area (TPSA) is 59.8 Å². The van der Waals surface area contributed by atoms with E-state index in [0.29, 0.717) is 10.8 Å². The van der Waals surface area contributed by atoms with E-state index in [9.17, 15) is 18.0 Å². The highest BCUT2D eigenvalue weighted by Crippen LogP contribution is 2.30. The third kappa shape index (κ3) is 4.53. The Hall–Kier alpha value is -2.03. The normalized spacial score (nSPS) is 14.7. The maximum atomic E-state index is 12.5. The fraction of sp³-hybridized carbons (Fsp3) is 0.438. The van der Waals surface area contributed by atoms with Crippen molar-refractivity contribution in [2.75, 3.05) is 11.1 Å². The molecule has 0 spiro atoms. The monoisotopic (exact) mass is 370 g/mol. The van der Waals surface area contributed by atoms with Crippen molar-refractivity contribution in [1.29, 1.82) is 0 Å². The first-order chi connectivity index (χ1) is 11.9. The molecular weight excluding hydrogens is 353 g/mol. The number of hydrogen-bond acceptors (Lipinski definition) is 4. The number of aromatic nitrogens is 3. The molecule has 0 aliphatic carbocycles.